The monoisotopic (exact) mass is 197 g/mol. The van der Waals surface area contributed by atoms with Gasteiger partial charge in [0, 0.05) is 20.0 Å². The fourth-order valence-electron chi connectivity index (χ4n) is 1.86. The predicted molar refractivity (Wildman–Crippen MR) is 53.1 cm³/mol. The molecule has 4 heteroatoms. The zero-order valence-electron chi connectivity index (χ0n) is 8.82. The summed E-state index contributed by atoms with van der Waals surface area (Å²) < 4.78 is 0. The summed E-state index contributed by atoms with van der Waals surface area (Å²) in [4.78, 5) is 21.9. The van der Waals surface area contributed by atoms with Crippen LogP contribution in [0.4, 0.5) is 0 Å². The van der Waals surface area contributed by atoms with E-state index in [4.69, 9.17) is 0 Å². The van der Waals surface area contributed by atoms with E-state index in [-0.39, 0.29) is 5.91 Å². The van der Waals surface area contributed by atoms with E-state index in [2.05, 4.69) is 0 Å². The van der Waals surface area contributed by atoms with Crippen molar-refractivity contribution in [3.05, 3.63) is 0 Å². The molecule has 0 spiro atoms. The molecule has 1 radical (unpaired) electrons. The SMILES string of the molecule is CC(=O)N([C@@H](C)[C]=O)N1CCCCC1. The van der Waals surface area contributed by atoms with Gasteiger partial charge in [-0.2, -0.15) is 0 Å². The lowest BCUT2D eigenvalue weighted by atomic mass is 10.1. The lowest BCUT2D eigenvalue weighted by molar-refractivity contribution is -0.150. The molecule has 1 aliphatic heterocycles. The van der Waals surface area contributed by atoms with Gasteiger partial charge in [0.05, 0.1) is 0 Å². The summed E-state index contributed by atoms with van der Waals surface area (Å²) in [5.74, 6) is -0.0808. The van der Waals surface area contributed by atoms with Crippen molar-refractivity contribution < 1.29 is 9.59 Å². The molecule has 1 saturated heterocycles. The van der Waals surface area contributed by atoms with Crippen molar-refractivity contribution >= 4 is 12.2 Å². The molecule has 1 aliphatic rings. The molecule has 0 aromatic carbocycles. The summed E-state index contributed by atoms with van der Waals surface area (Å²) in [6, 6.07) is -0.467. The maximum absolute atomic E-state index is 11.3. The van der Waals surface area contributed by atoms with Crippen molar-refractivity contribution in [3.63, 3.8) is 0 Å². The molecule has 0 bridgehead atoms. The maximum atomic E-state index is 11.3. The van der Waals surface area contributed by atoms with Crippen molar-refractivity contribution in [1.29, 1.82) is 0 Å². The Hall–Kier alpha value is -0.900. The van der Waals surface area contributed by atoms with Crippen molar-refractivity contribution in [1.82, 2.24) is 10.0 Å². The van der Waals surface area contributed by atoms with Crippen LogP contribution in [0.25, 0.3) is 0 Å². The highest BCUT2D eigenvalue weighted by atomic mass is 16.2. The third-order valence-electron chi connectivity index (χ3n) is 2.50. The van der Waals surface area contributed by atoms with Gasteiger partial charge in [0.2, 0.25) is 12.2 Å². The van der Waals surface area contributed by atoms with E-state index in [9.17, 15) is 9.59 Å². The van der Waals surface area contributed by atoms with Crippen LogP contribution in [-0.4, -0.2) is 41.3 Å². The molecule has 1 heterocycles. The van der Waals surface area contributed by atoms with E-state index < -0.39 is 6.04 Å². The van der Waals surface area contributed by atoms with Crippen LogP contribution >= 0.6 is 0 Å². The molecule has 0 saturated carbocycles. The lowest BCUT2D eigenvalue weighted by Gasteiger charge is -2.38. The Balaban J connectivity index is 2.65. The van der Waals surface area contributed by atoms with Gasteiger partial charge in [-0.3, -0.25) is 14.6 Å². The largest absolute Gasteiger partial charge is 0.288 e. The molecule has 1 fully saturated rings. The Labute approximate surface area is 84.8 Å². The van der Waals surface area contributed by atoms with Crippen LogP contribution < -0.4 is 0 Å². The molecule has 1 rings (SSSR count). The number of piperidine rings is 1. The second kappa shape index (κ2) is 5.10. The fraction of sp³-hybridized carbons (Fsp3) is 0.800. The first-order valence-electron chi connectivity index (χ1n) is 5.09. The van der Waals surface area contributed by atoms with Crippen LogP contribution in [-0.2, 0) is 9.59 Å². The summed E-state index contributed by atoms with van der Waals surface area (Å²) in [7, 11) is 0. The first kappa shape index (κ1) is 11.2. The molecule has 1 amide bonds. The molecule has 0 aromatic rings. The van der Waals surface area contributed by atoms with Crippen molar-refractivity contribution in [2.45, 2.75) is 39.2 Å². The summed E-state index contributed by atoms with van der Waals surface area (Å²) in [6.45, 7) is 4.92. The molecule has 0 N–H and O–H groups in total. The summed E-state index contributed by atoms with van der Waals surface area (Å²) in [5.41, 5.74) is 0. The van der Waals surface area contributed by atoms with E-state index in [1.54, 1.807) is 6.92 Å². The summed E-state index contributed by atoms with van der Waals surface area (Å²) >= 11 is 0. The van der Waals surface area contributed by atoms with Gasteiger partial charge in [0.25, 0.3) is 0 Å². The molecule has 0 aliphatic carbocycles. The molecule has 4 nitrogen and oxygen atoms in total. The van der Waals surface area contributed by atoms with Crippen LogP contribution in [0.2, 0.25) is 0 Å². The quantitative estimate of drug-likeness (QED) is 0.670. The number of hydrogen-bond donors (Lipinski definition) is 0. The van der Waals surface area contributed by atoms with Gasteiger partial charge in [-0.1, -0.05) is 6.42 Å². The van der Waals surface area contributed by atoms with Gasteiger partial charge in [-0.05, 0) is 19.8 Å². The van der Waals surface area contributed by atoms with Crippen LogP contribution in [0.5, 0.6) is 0 Å². The smallest absolute Gasteiger partial charge is 0.234 e. The first-order valence-corrected chi connectivity index (χ1v) is 5.09. The predicted octanol–water partition coefficient (Wildman–Crippen LogP) is 0.734. The number of hydrazine groups is 1. The van der Waals surface area contributed by atoms with Crippen LogP contribution in [0.1, 0.15) is 33.1 Å². The molecule has 1 atom stereocenters. The van der Waals surface area contributed by atoms with Gasteiger partial charge < -0.3 is 0 Å². The number of amides is 1. The minimum atomic E-state index is -0.467. The van der Waals surface area contributed by atoms with E-state index in [1.807, 2.05) is 11.3 Å². The Morgan fingerprint density at radius 1 is 1.36 bits per heavy atom. The van der Waals surface area contributed by atoms with E-state index in [0.717, 1.165) is 25.9 Å². The molecule has 14 heavy (non-hydrogen) atoms. The van der Waals surface area contributed by atoms with Gasteiger partial charge in [0.1, 0.15) is 6.04 Å². The van der Waals surface area contributed by atoms with Crippen LogP contribution in [0.3, 0.4) is 0 Å². The average Bonchev–Trinajstić information content (AvgIpc) is 2.19. The minimum absolute atomic E-state index is 0.0808. The van der Waals surface area contributed by atoms with Crippen LogP contribution in [0, 0.1) is 0 Å². The number of nitrogens with zero attached hydrogens (tertiary/aromatic N) is 2. The highest BCUT2D eigenvalue weighted by Crippen LogP contribution is 2.13. The zero-order chi connectivity index (χ0) is 10.6. The Morgan fingerprint density at radius 3 is 2.36 bits per heavy atom. The Morgan fingerprint density at radius 2 is 1.93 bits per heavy atom. The summed E-state index contributed by atoms with van der Waals surface area (Å²) in [6.07, 6.45) is 5.25. The zero-order valence-corrected chi connectivity index (χ0v) is 8.82. The molecule has 0 aromatic heterocycles. The Kier molecular flexibility index (Phi) is 4.07. The molecule has 79 valence electrons. The van der Waals surface area contributed by atoms with E-state index in [0.29, 0.717) is 0 Å². The normalized spacial score (nSPS) is 20.1. The first-order chi connectivity index (χ1) is 6.66. The number of carbonyl (C=O) groups excluding carboxylic acids is 2. The van der Waals surface area contributed by atoms with Gasteiger partial charge in [-0.25, -0.2) is 5.01 Å². The highest BCUT2D eigenvalue weighted by molar-refractivity contribution is 5.76. The standard InChI is InChI=1S/C10H17N2O2/c1-9(8-13)12(10(2)14)11-6-4-3-5-7-11/h9H,3-7H2,1-2H3/t9-/m0/s1. The van der Waals surface area contributed by atoms with Gasteiger partial charge >= 0.3 is 0 Å². The third-order valence-corrected chi connectivity index (χ3v) is 2.50. The maximum Gasteiger partial charge on any atom is 0.234 e. The second-order valence-electron chi connectivity index (χ2n) is 3.67. The fourth-order valence-corrected chi connectivity index (χ4v) is 1.86. The molecular weight excluding hydrogens is 180 g/mol. The number of rotatable bonds is 3. The topological polar surface area (TPSA) is 40.6 Å². The minimum Gasteiger partial charge on any atom is -0.288 e. The molecule has 0 unspecified atom stereocenters. The number of carbonyl (C=O) groups is 1. The van der Waals surface area contributed by atoms with Crippen LogP contribution in [0.15, 0.2) is 0 Å². The third kappa shape index (κ3) is 2.54. The van der Waals surface area contributed by atoms with Crippen molar-refractivity contribution in [3.8, 4) is 0 Å². The highest BCUT2D eigenvalue weighted by Gasteiger charge is 2.25. The summed E-state index contributed by atoms with van der Waals surface area (Å²) in [5, 5.41) is 3.48. The van der Waals surface area contributed by atoms with Gasteiger partial charge in [-0.15, -0.1) is 0 Å². The number of hydrogen-bond acceptors (Lipinski definition) is 3. The Bertz CT molecular complexity index is 212. The van der Waals surface area contributed by atoms with Crippen molar-refractivity contribution in [2.75, 3.05) is 13.1 Å². The van der Waals surface area contributed by atoms with Crippen molar-refractivity contribution in [2.24, 2.45) is 0 Å². The second-order valence-corrected chi connectivity index (χ2v) is 3.67. The molecular formula is C10H17N2O2. The average molecular weight is 197 g/mol. The van der Waals surface area contributed by atoms with E-state index in [1.165, 1.54) is 18.4 Å². The van der Waals surface area contributed by atoms with Gasteiger partial charge in [0.15, 0.2) is 0 Å². The lowest BCUT2D eigenvalue weighted by Crippen LogP contribution is -2.52. The van der Waals surface area contributed by atoms with E-state index >= 15 is 0 Å².